The predicted molar refractivity (Wildman–Crippen MR) is 138 cm³/mol. The summed E-state index contributed by atoms with van der Waals surface area (Å²) in [5, 5.41) is 1.81. The van der Waals surface area contributed by atoms with Gasteiger partial charge in [-0.25, -0.2) is 8.42 Å². The Morgan fingerprint density at radius 3 is 2.62 bits per heavy atom. The van der Waals surface area contributed by atoms with Crippen LogP contribution in [-0.4, -0.2) is 49.1 Å². The molecule has 2 heterocycles. The number of hydrogen-bond acceptors (Lipinski definition) is 5. The molecule has 0 radical (unpaired) electrons. The van der Waals surface area contributed by atoms with E-state index in [9.17, 15) is 13.2 Å². The topological polar surface area (TPSA) is 68.6 Å². The average molecular weight is 497 g/mol. The molecule has 0 aliphatic carbocycles. The molecule has 0 unspecified atom stereocenters. The summed E-state index contributed by atoms with van der Waals surface area (Å²) in [6.07, 6.45) is 7.67. The van der Waals surface area contributed by atoms with E-state index in [1.165, 1.54) is 29.3 Å². The lowest BCUT2D eigenvalue weighted by atomic mass is 10.2. The third kappa shape index (κ3) is 4.99. The van der Waals surface area contributed by atoms with Crippen LogP contribution in [0.15, 0.2) is 77.2 Å². The first-order valence-corrected chi connectivity index (χ1v) is 13.6. The Morgan fingerprint density at radius 2 is 1.88 bits per heavy atom. The van der Waals surface area contributed by atoms with Crippen LogP contribution in [0.1, 0.15) is 29.6 Å². The Bertz CT molecular complexity index is 1340. The van der Waals surface area contributed by atoms with Gasteiger partial charge in [0.25, 0.3) is 5.91 Å². The number of rotatable bonds is 8. The minimum absolute atomic E-state index is 0.125. The van der Waals surface area contributed by atoms with Crippen molar-refractivity contribution in [1.29, 1.82) is 0 Å². The molecule has 1 aromatic heterocycles. The van der Waals surface area contributed by atoms with Crippen molar-refractivity contribution in [2.75, 3.05) is 26.0 Å². The van der Waals surface area contributed by atoms with Crippen LogP contribution < -0.4 is 4.74 Å². The minimum Gasteiger partial charge on any atom is -0.495 e. The molecule has 178 valence electrons. The highest BCUT2D eigenvalue weighted by atomic mass is 32.2. The van der Waals surface area contributed by atoms with E-state index in [0.29, 0.717) is 30.2 Å². The zero-order valence-electron chi connectivity index (χ0n) is 19.1. The molecule has 1 aliphatic heterocycles. The lowest BCUT2D eigenvalue weighted by Crippen LogP contribution is -2.35. The molecule has 6 nitrogen and oxygen atoms in total. The van der Waals surface area contributed by atoms with Gasteiger partial charge < -0.3 is 4.74 Å². The van der Waals surface area contributed by atoms with Crippen LogP contribution in [0.25, 0.3) is 17.0 Å². The number of fused-ring (bicyclic) bond motifs is 1. The van der Waals surface area contributed by atoms with Gasteiger partial charge in [-0.15, -0.1) is 18.3 Å². The molecule has 0 saturated carbocycles. The summed E-state index contributed by atoms with van der Waals surface area (Å²) in [5.41, 5.74) is 1.44. The number of carbonyl (C=O) groups excluding carboxylic acids is 1. The van der Waals surface area contributed by atoms with Crippen LogP contribution in [0.4, 0.5) is 0 Å². The van der Waals surface area contributed by atoms with Gasteiger partial charge in [0.1, 0.15) is 10.6 Å². The number of aromatic nitrogens is 1. The van der Waals surface area contributed by atoms with Crippen molar-refractivity contribution in [3.05, 3.63) is 72.8 Å². The number of thioether (sulfide) groups is 1. The summed E-state index contributed by atoms with van der Waals surface area (Å²) in [4.78, 5) is 13.3. The highest BCUT2D eigenvalue weighted by Crippen LogP contribution is 2.31. The van der Waals surface area contributed by atoms with Crippen molar-refractivity contribution in [3.63, 3.8) is 0 Å². The summed E-state index contributed by atoms with van der Waals surface area (Å²) in [6, 6.07) is 14.7. The van der Waals surface area contributed by atoms with Crippen molar-refractivity contribution in [1.82, 2.24) is 8.87 Å². The fraction of sp³-hybridized carbons (Fsp3) is 0.269. The number of piperidine rings is 1. The van der Waals surface area contributed by atoms with Crippen LogP contribution in [0, 0.1) is 0 Å². The molecule has 0 amide bonds. The highest BCUT2D eigenvalue weighted by molar-refractivity contribution is 7.99. The number of benzene rings is 2. The standard InChI is InChI=1S/C26H28N2O4S2/c1-3-17-33-26-19-21-9-5-6-10-22(21)28(26)25(29)14-12-20-11-13-23(32-2)24(18-20)34(30,31)27-15-7-4-8-16-27/h3,5-6,9-14,18-19H,1,4,7-8,15-17H2,2H3/b14-12+. The van der Waals surface area contributed by atoms with E-state index in [1.54, 1.807) is 34.9 Å². The largest absolute Gasteiger partial charge is 0.495 e. The Kier molecular flexibility index (Phi) is 7.60. The van der Waals surface area contributed by atoms with E-state index in [4.69, 9.17) is 4.74 Å². The SMILES string of the molecule is C=CCSc1cc2ccccc2n1C(=O)/C=C/c1ccc(OC)c(S(=O)(=O)N2CCCCC2)c1. The first-order chi connectivity index (χ1) is 16.5. The zero-order valence-corrected chi connectivity index (χ0v) is 20.8. The third-order valence-corrected chi connectivity index (χ3v) is 8.70. The number of carbonyl (C=O) groups is 1. The quantitative estimate of drug-likeness (QED) is 0.235. The molecule has 0 spiro atoms. The average Bonchev–Trinajstić information content (AvgIpc) is 3.24. The van der Waals surface area contributed by atoms with Crippen LogP contribution in [0.2, 0.25) is 0 Å². The number of methoxy groups -OCH3 is 1. The molecule has 1 fully saturated rings. The fourth-order valence-electron chi connectivity index (χ4n) is 4.09. The second kappa shape index (κ2) is 10.6. The molecule has 4 rings (SSSR count). The number of para-hydroxylation sites is 1. The minimum atomic E-state index is -3.68. The van der Waals surface area contributed by atoms with Gasteiger partial charge in [-0.2, -0.15) is 4.31 Å². The number of ether oxygens (including phenoxy) is 1. The van der Waals surface area contributed by atoms with Crippen molar-refractivity contribution in [2.24, 2.45) is 0 Å². The number of allylic oxidation sites excluding steroid dienone is 1. The van der Waals surface area contributed by atoms with Crippen molar-refractivity contribution < 1.29 is 17.9 Å². The molecule has 2 aromatic carbocycles. The molecule has 0 bridgehead atoms. The molecule has 8 heteroatoms. The smallest absolute Gasteiger partial charge is 0.255 e. The zero-order chi connectivity index (χ0) is 24.1. The number of hydrogen-bond donors (Lipinski definition) is 0. The first kappa shape index (κ1) is 24.3. The summed E-state index contributed by atoms with van der Waals surface area (Å²) in [5.74, 6) is 0.779. The van der Waals surface area contributed by atoms with Crippen LogP contribution in [0.5, 0.6) is 5.75 Å². The number of nitrogens with zero attached hydrogens (tertiary/aromatic N) is 2. The van der Waals surface area contributed by atoms with Crippen molar-refractivity contribution in [3.8, 4) is 5.75 Å². The maximum Gasteiger partial charge on any atom is 0.255 e. The number of sulfonamides is 1. The molecule has 3 aromatic rings. The van der Waals surface area contributed by atoms with Crippen LogP contribution in [-0.2, 0) is 10.0 Å². The Labute approximate surface area is 205 Å². The lowest BCUT2D eigenvalue weighted by Gasteiger charge is -2.26. The van der Waals surface area contributed by atoms with E-state index >= 15 is 0 Å². The fourth-order valence-corrected chi connectivity index (χ4v) is 6.62. The van der Waals surface area contributed by atoms with Crippen molar-refractivity contribution >= 4 is 44.7 Å². The van der Waals surface area contributed by atoms with Gasteiger partial charge in [-0.05, 0) is 48.7 Å². The molecule has 0 atom stereocenters. The predicted octanol–water partition coefficient (Wildman–Crippen LogP) is 5.46. The second-order valence-electron chi connectivity index (χ2n) is 8.02. The molecule has 1 saturated heterocycles. The summed E-state index contributed by atoms with van der Waals surface area (Å²) in [7, 11) is -2.22. The van der Waals surface area contributed by atoms with Crippen LogP contribution in [0.3, 0.4) is 0 Å². The van der Waals surface area contributed by atoms with Gasteiger partial charge in [0, 0.05) is 30.3 Å². The summed E-state index contributed by atoms with van der Waals surface area (Å²) >= 11 is 1.54. The van der Waals surface area contributed by atoms with E-state index in [-0.39, 0.29) is 10.8 Å². The molecular formula is C26H28N2O4S2. The molecule has 0 N–H and O–H groups in total. The van der Waals surface area contributed by atoms with E-state index in [2.05, 4.69) is 6.58 Å². The van der Waals surface area contributed by atoms with E-state index in [1.807, 2.05) is 30.3 Å². The highest BCUT2D eigenvalue weighted by Gasteiger charge is 2.29. The van der Waals surface area contributed by atoms with Gasteiger partial charge in [0.05, 0.1) is 17.7 Å². The Hall–Kier alpha value is -2.81. The third-order valence-electron chi connectivity index (χ3n) is 5.79. The summed E-state index contributed by atoms with van der Waals surface area (Å²) in [6.45, 7) is 4.78. The Morgan fingerprint density at radius 1 is 1.12 bits per heavy atom. The molecular weight excluding hydrogens is 468 g/mol. The van der Waals surface area contributed by atoms with Gasteiger partial charge in [-0.1, -0.05) is 36.8 Å². The normalized spacial score (nSPS) is 15.1. The van der Waals surface area contributed by atoms with E-state index in [0.717, 1.165) is 35.2 Å². The Balaban J connectivity index is 1.66. The second-order valence-corrected chi connectivity index (χ2v) is 11.0. The lowest BCUT2D eigenvalue weighted by molar-refractivity contribution is 0.0966. The molecule has 1 aliphatic rings. The monoisotopic (exact) mass is 496 g/mol. The van der Waals surface area contributed by atoms with Gasteiger partial charge in [-0.3, -0.25) is 9.36 Å². The maximum absolute atomic E-state index is 13.3. The van der Waals surface area contributed by atoms with E-state index < -0.39 is 10.0 Å². The maximum atomic E-state index is 13.3. The van der Waals surface area contributed by atoms with Crippen LogP contribution >= 0.6 is 11.8 Å². The first-order valence-electron chi connectivity index (χ1n) is 11.2. The van der Waals surface area contributed by atoms with Crippen molar-refractivity contribution in [2.45, 2.75) is 29.2 Å². The van der Waals surface area contributed by atoms with Gasteiger partial charge in [0.2, 0.25) is 10.0 Å². The van der Waals surface area contributed by atoms with Gasteiger partial charge >= 0.3 is 0 Å². The molecule has 34 heavy (non-hydrogen) atoms. The summed E-state index contributed by atoms with van der Waals surface area (Å²) < 4.78 is 35.1. The van der Waals surface area contributed by atoms with Gasteiger partial charge in [0.15, 0.2) is 0 Å².